The lowest BCUT2D eigenvalue weighted by Gasteiger charge is -2.06. The van der Waals surface area contributed by atoms with Crippen LogP contribution in [0.4, 0.5) is 0 Å². The van der Waals surface area contributed by atoms with Crippen LogP contribution < -0.4 is 9.47 Å². The summed E-state index contributed by atoms with van der Waals surface area (Å²) in [7, 11) is 3.03. The van der Waals surface area contributed by atoms with Crippen LogP contribution in [0.2, 0.25) is 0 Å². The van der Waals surface area contributed by atoms with Crippen molar-refractivity contribution in [3.05, 3.63) is 41.2 Å². The highest BCUT2D eigenvalue weighted by atomic mass is 16.5. The number of rotatable bonds is 5. The first-order valence-corrected chi connectivity index (χ1v) is 6.10. The van der Waals surface area contributed by atoms with Gasteiger partial charge in [0.15, 0.2) is 5.78 Å². The number of aliphatic hydroxyl groups excluding tert-OH is 1. The first-order valence-electron chi connectivity index (χ1n) is 6.10. The monoisotopic (exact) mass is 290 g/mol. The minimum absolute atomic E-state index is 0.268. The van der Waals surface area contributed by atoms with Crippen LogP contribution in [0.1, 0.15) is 5.56 Å². The maximum absolute atomic E-state index is 11.9. The van der Waals surface area contributed by atoms with E-state index in [2.05, 4.69) is 4.74 Å². The Labute approximate surface area is 121 Å². The molecule has 0 fully saturated rings. The normalized spacial score (nSPS) is 14.5. The Balaban J connectivity index is 2.27. The number of ether oxygens (including phenoxy) is 3. The summed E-state index contributed by atoms with van der Waals surface area (Å²) in [4.78, 5) is 23.2. The molecule has 0 atom stereocenters. The van der Waals surface area contributed by atoms with Crippen molar-refractivity contribution >= 4 is 17.8 Å². The van der Waals surface area contributed by atoms with Gasteiger partial charge in [-0.3, -0.25) is 4.79 Å². The molecular weight excluding hydrogens is 276 g/mol. The minimum atomic E-state index is -0.820. The molecule has 0 bridgehead atoms. The Bertz CT molecular complexity index is 642. The molecule has 0 aliphatic carbocycles. The van der Waals surface area contributed by atoms with Crippen molar-refractivity contribution in [2.45, 2.75) is 0 Å². The van der Waals surface area contributed by atoms with Crippen LogP contribution in [0, 0.1) is 0 Å². The Kier molecular flexibility index (Phi) is 4.27. The average Bonchev–Trinajstić information content (AvgIpc) is 2.83. The van der Waals surface area contributed by atoms with E-state index in [1.165, 1.54) is 26.4 Å². The molecule has 2 rings (SSSR count). The third kappa shape index (κ3) is 3.05. The minimum Gasteiger partial charge on any atom is -0.508 e. The van der Waals surface area contributed by atoms with E-state index in [0.29, 0.717) is 17.1 Å². The average molecular weight is 290 g/mol. The van der Waals surface area contributed by atoms with E-state index in [1.54, 1.807) is 18.2 Å². The number of allylic oxidation sites excluding steroid dienone is 1. The Hall–Kier alpha value is -2.76. The van der Waals surface area contributed by atoms with Gasteiger partial charge in [0.05, 0.1) is 14.2 Å². The predicted octanol–water partition coefficient (Wildman–Crippen LogP) is 1.66. The van der Waals surface area contributed by atoms with Gasteiger partial charge < -0.3 is 19.3 Å². The molecule has 1 N–H and O–H groups in total. The van der Waals surface area contributed by atoms with Gasteiger partial charge in [0, 0.05) is 5.56 Å². The van der Waals surface area contributed by atoms with Gasteiger partial charge in [-0.05, 0) is 30.4 Å². The van der Waals surface area contributed by atoms with E-state index in [0.717, 1.165) is 0 Å². The molecule has 6 nitrogen and oxygen atoms in total. The van der Waals surface area contributed by atoms with E-state index >= 15 is 0 Å². The van der Waals surface area contributed by atoms with E-state index in [4.69, 9.17) is 9.47 Å². The van der Waals surface area contributed by atoms with Crippen LogP contribution in [-0.2, 0) is 14.3 Å². The predicted molar refractivity (Wildman–Crippen MR) is 74.2 cm³/mol. The summed E-state index contributed by atoms with van der Waals surface area (Å²) in [5.74, 6) is -0.649. The summed E-state index contributed by atoms with van der Waals surface area (Å²) in [6.07, 6.45) is 2.66. The number of aliphatic hydroxyl groups is 1. The summed E-state index contributed by atoms with van der Waals surface area (Å²) < 4.78 is 14.8. The van der Waals surface area contributed by atoms with Crippen LogP contribution in [0.5, 0.6) is 11.5 Å². The van der Waals surface area contributed by atoms with Crippen LogP contribution in [0.25, 0.3) is 6.08 Å². The molecule has 1 aromatic carbocycles. The largest absolute Gasteiger partial charge is 0.508 e. The number of esters is 1. The summed E-state index contributed by atoms with van der Waals surface area (Å²) in [5.41, 5.74) is 0.268. The topological polar surface area (TPSA) is 82.1 Å². The maximum atomic E-state index is 11.9. The van der Waals surface area contributed by atoms with Crippen LogP contribution in [0.15, 0.2) is 35.6 Å². The fourth-order valence-corrected chi connectivity index (χ4v) is 1.86. The van der Waals surface area contributed by atoms with Gasteiger partial charge in [0.2, 0.25) is 0 Å². The van der Waals surface area contributed by atoms with Gasteiger partial charge in [-0.25, -0.2) is 4.79 Å². The number of cyclic esters (lactones) is 1. The molecule has 1 heterocycles. The van der Waals surface area contributed by atoms with Gasteiger partial charge >= 0.3 is 5.97 Å². The van der Waals surface area contributed by atoms with Gasteiger partial charge in [0.1, 0.15) is 29.4 Å². The lowest BCUT2D eigenvalue weighted by atomic mass is 10.1. The fraction of sp³-hybridized carbons (Fsp3) is 0.200. The third-order valence-electron chi connectivity index (χ3n) is 2.93. The summed E-state index contributed by atoms with van der Waals surface area (Å²) in [5, 5.41) is 9.44. The molecule has 0 amide bonds. The van der Waals surface area contributed by atoms with Crippen molar-refractivity contribution in [1.82, 2.24) is 0 Å². The zero-order valence-corrected chi connectivity index (χ0v) is 11.6. The van der Waals surface area contributed by atoms with Crippen LogP contribution in [-0.4, -0.2) is 37.7 Å². The Morgan fingerprint density at radius 3 is 2.67 bits per heavy atom. The Morgan fingerprint density at radius 1 is 1.33 bits per heavy atom. The molecule has 1 aliphatic heterocycles. The molecule has 0 saturated carbocycles. The first-order chi connectivity index (χ1) is 10.1. The second-order valence-corrected chi connectivity index (χ2v) is 4.20. The number of ketones is 1. The molecule has 0 aromatic heterocycles. The van der Waals surface area contributed by atoms with E-state index in [1.807, 2.05) is 0 Å². The van der Waals surface area contributed by atoms with E-state index in [-0.39, 0.29) is 17.9 Å². The highest BCUT2D eigenvalue weighted by molar-refractivity contribution is 6.23. The zero-order chi connectivity index (χ0) is 15.4. The molecule has 21 heavy (non-hydrogen) atoms. The summed E-state index contributed by atoms with van der Waals surface area (Å²) in [6.45, 7) is -0.268. The van der Waals surface area contributed by atoms with Gasteiger partial charge in [-0.15, -0.1) is 0 Å². The summed E-state index contributed by atoms with van der Waals surface area (Å²) >= 11 is 0. The second-order valence-electron chi connectivity index (χ2n) is 4.20. The number of benzene rings is 1. The van der Waals surface area contributed by atoms with Crippen LogP contribution in [0.3, 0.4) is 0 Å². The van der Waals surface area contributed by atoms with Crippen molar-refractivity contribution in [3.63, 3.8) is 0 Å². The molecule has 1 aromatic rings. The van der Waals surface area contributed by atoms with E-state index in [9.17, 15) is 14.7 Å². The molecule has 0 spiro atoms. The molecular formula is C15H14O6. The van der Waals surface area contributed by atoms with E-state index < -0.39 is 11.8 Å². The highest BCUT2D eigenvalue weighted by Gasteiger charge is 2.29. The van der Waals surface area contributed by atoms with Crippen LogP contribution >= 0.6 is 0 Å². The Morgan fingerprint density at radius 2 is 2.10 bits per heavy atom. The maximum Gasteiger partial charge on any atom is 0.346 e. The van der Waals surface area contributed by atoms with Crippen molar-refractivity contribution in [2.75, 3.05) is 20.8 Å². The molecule has 0 radical (unpaired) electrons. The number of hydrogen-bond donors (Lipinski definition) is 1. The molecule has 110 valence electrons. The molecule has 1 aliphatic rings. The summed E-state index contributed by atoms with van der Waals surface area (Å²) in [6, 6.07) is 5.11. The van der Waals surface area contributed by atoms with Gasteiger partial charge in [-0.2, -0.15) is 0 Å². The molecule has 6 heteroatoms. The lowest BCUT2D eigenvalue weighted by Crippen LogP contribution is -2.08. The van der Waals surface area contributed by atoms with Gasteiger partial charge in [-0.1, -0.05) is 0 Å². The highest BCUT2D eigenvalue weighted by Crippen LogP contribution is 2.25. The number of carbonyl (C=O) groups excluding carboxylic acids is 2. The SMILES string of the molecule is COc1ccc(OC)c(C=CC(=O)C2=C(O)COC2=O)c1. The number of hydrogen-bond acceptors (Lipinski definition) is 6. The first kappa shape index (κ1) is 14.6. The standard InChI is InChI=1S/C15H14O6/c1-19-10-4-6-13(20-2)9(7-10)3-5-11(16)14-12(17)8-21-15(14)18/h3-7,17H,8H2,1-2H3. The smallest absolute Gasteiger partial charge is 0.346 e. The van der Waals surface area contributed by atoms with Crippen molar-refractivity contribution in [1.29, 1.82) is 0 Å². The molecule has 0 saturated heterocycles. The van der Waals surface area contributed by atoms with Gasteiger partial charge in [0.25, 0.3) is 0 Å². The van der Waals surface area contributed by atoms with Crippen molar-refractivity contribution in [2.24, 2.45) is 0 Å². The lowest BCUT2D eigenvalue weighted by molar-refractivity contribution is -0.137. The van der Waals surface area contributed by atoms with Crippen molar-refractivity contribution < 1.29 is 28.9 Å². The third-order valence-corrected chi connectivity index (χ3v) is 2.93. The number of methoxy groups -OCH3 is 2. The second kappa shape index (κ2) is 6.13. The van der Waals surface area contributed by atoms with Crippen molar-refractivity contribution in [3.8, 4) is 11.5 Å². The zero-order valence-electron chi connectivity index (χ0n) is 11.6. The molecule has 0 unspecified atom stereocenters. The fourth-order valence-electron chi connectivity index (χ4n) is 1.86. The quantitative estimate of drug-likeness (QED) is 0.504. The number of carbonyl (C=O) groups is 2.